The van der Waals surface area contributed by atoms with Crippen LogP contribution in [0.2, 0.25) is 0 Å². The first-order valence-corrected chi connectivity index (χ1v) is 8.96. The molecule has 2 aliphatic rings. The summed E-state index contributed by atoms with van der Waals surface area (Å²) in [6.07, 6.45) is 3.81. The molecule has 4 rings (SSSR count). The SMILES string of the molecule is CC(=O)N(C)C1C[C@H]2CC[C@@H](C1)N2C(=O)c1ccc2c(C)[nH]nc2c1. The van der Waals surface area contributed by atoms with Gasteiger partial charge in [-0.05, 0) is 44.7 Å². The van der Waals surface area contributed by atoms with Gasteiger partial charge in [0.1, 0.15) is 0 Å². The Morgan fingerprint density at radius 3 is 2.56 bits per heavy atom. The minimum Gasteiger partial charge on any atom is -0.343 e. The maximum Gasteiger partial charge on any atom is 0.254 e. The first-order valence-electron chi connectivity index (χ1n) is 8.96. The highest BCUT2D eigenvalue weighted by atomic mass is 16.2. The first kappa shape index (κ1) is 16.1. The van der Waals surface area contributed by atoms with Crippen LogP contribution in [0.1, 0.15) is 48.7 Å². The average Bonchev–Trinajstić information content (AvgIpc) is 3.10. The Morgan fingerprint density at radius 2 is 1.92 bits per heavy atom. The van der Waals surface area contributed by atoms with Crippen LogP contribution in [0.4, 0.5) is 0 Å². The van der Waals surface area contributed by atoms with E-state index >= 15 is 0 Å². The van der Waals surface area contributed by atoms with Gasteiger partial charge in [-0.2, -0.15) is 5.10 Å². The van der Waals surface area contributed by atoms with Gasteiger partial charge in [-0.15, -0.1) is 0 Å². The van der Waals surface area contributed by atoms with Crippen molar-refractivity contribution in [2.45, 2.75) is 57.7 Å². The van der Waals surface area contributed by atoms with Gasteiger partial charge in [-0.3, -0.25) is 14.7 Å². The smallest absolute Gasteiger partial charge is 0.254 e. The number of carbonyl (C=O) groups is 2. The molecule has 2 amide bonds. The van der Waals surface area contributed by atoms with Crippen LogP contribution in [0.15, 0.2) is 18.2 Å². The summed E-state index contributed by atoms with van der Waals surface area (Å²) in [5.41, 5.74) is 2.55. The van der Waals surface area contributed by atoms with Crippen molar-refractivity contribution in [1.82, 2.24) is 20.0 Å². The third-order valence-corrected chi connectivity index (χ3v) is 5.98. The van der Waals surface area contributed by atoms with Gasteiger partial charge in [0.25, 0.3) is 5.91 Å². The molecule has 2 fully saturated rings. The summed E-state index contributed by atoms with van der Waals surface area (Å²) in [5.74, 6) is 0.197. The van der Waals surface area contributed by atoms with E-state index in [2.05, 4.69) is 15.1 Å². The van der Waals surface area contributed by atoms with E-state index in [4.69, 9.17) is 0 Å². The zero-order valence-corrected chi connectivity index (χ0v) is 15.0. The second-order valence-electron chi connectivity index (χ2n) is 7.43. The van der Waals surface area contributed by atoms with Crippen molar-refractivity contribution in [3.8, 4) is 0 Å². The number of aromatic nitrogens is 2. The lowest BCUT2D eigenvalue weighted by molar-refractivity contribution is -0.130. The number of aromatic amines is 1. The number of fused-ring (bicyclic) bond motifs is 3. The number of H-pyrrole nitrogens is 1. The van der Waals surface area contributed by atoms with Crippen LogP contribution in [0.25, 0.3) is 10.9 Å². The Hall–Kier alpha value is -2.37. The molecule has 2 bridgehead atoms. The van der Waals surface area contributed by atoms with Crippen molar-refractivity contribution < 1.29 is 9.59 Å². The van der Waals surface area contributed by atoms with E-state index in [1.165, 1.54) is 0 Å². The van der Waals surface area contributed by atoms with Crippen LogP contribution in [0.3, 0.4) is 0 Å². The maximum absolute atomic E-state index is 13.1. The Labute approximate surface area is 147 Å². The summed E-state index contributed by atoms with van der Waals surface area (Å²) < 4.78 is 0. The second kappa shape index (κ2) is 5.86. The standard InChI is InChI=1S/C19H24N4O2/c1-11-17-7-4-13(8-18(17)21-20-11)19(25)23-14-5-6-15(23)10-16(9-14)22(3)12(2)24/h4,7-8,14-16H,5-6,9-10H2,1-3H3,(H,20,21)/t14-,15+,16?. The number of hydrogen-bond acceptors (Lipinski definition) is 3. The highest BCUT2D eigenvalue weighted by Gasteiger charge is 2.44. The van der Waals surface area contributed by atoms with Crippen LogP contribution >= 0.6 is 0 Å². The highest BCUT2D eigenvalue weighted by Crippen LogP contribution is 2.38. The van der Waals surface area contributed by atoms with Crippen LogP contribution in [-0.4, -0.2) is 57.0 Å². The van der Waals surface area contributed by atoms with Crippen LogP contribution < -0.4 is 0 Å². The number of nitrogens with zero attached hydrogens (tertiary/aromatic N) is 3. The predicted molar refractivity (Wildman–Crippen MR) is 95.3 cm³/mol. The Balaban J connectivity index is 1.57. The van der Waals surface area contributed by atoms with Gasteiger partial charge in [-0.25, -0.2) is 0 Å². The Morgan fingerprint density at radius 1 is 1.24 bits per heavy atom. The second-order valence-corrected chi connectivity index (χ2v) is 7.43. The van der Waals surface area contributed by atoms with E-state index < -0.39 is 0 Å². The average molecular weight is 340 g/mol. The first-order chi connectivity index (χ1) is 12.0. The largest absolute Gasteiger partial charge is 0.343 e. The maximum atomic E-state index is 13.1. The van der Waals surface area contributed by atoms with Gasteiger partial charge in [0.15, 0.2) is 0 Å². The molecule has 1 N–H and O–H groups in total. The van der Waals surface area contributed by atoms with E-state index in [0.717, 1.165) is 42.3 Å². The lowest BCUT2D eigenvalue weighted by Gasteiger charge is -2.42. The third kappa shape index (κ3) is 2.60. The highest BCUT2D eigenvalue weighted by molar-refractivity contribution is 5.98. The van der Waals surface area contributed by atoms with Gasteiger partial charge in [-0.1, -0.05) is 6.07 Å². The summed E-state index contributed by atoms with van der Waals surface area (Å²) in [4.78, 5) is 28.7. The number of rotatable bonds is 2. The van der Waals surface area contributed by atoms with Crippen LogP contribution in [-0.2, 0) is 4.79 Å². The molecule has 2 aliphatic heterocycles. The molecule has 1 aromatic carbocycles. The number of benzene rings is 1. The monoisotopic (exact) mass is 340 g/mol. The normalized spacial score (nSPS) is 25.4. The number of carbonyl (C=O) groups excluding carboxylic acids is 2. The lowest BCUT2D eigenvalue weighted by atomic mass is 9.95. The molecule has 1 unspecified atom stereocenters. The van der Waals surface area contributed by atoms with Crippen molar-refractivity contribution in [3.05, 3.63) is 29.5 Å². The van der Waals surface area contributed by atoms with Gasteiger partial charge < -0.3 is 9.80 Å². The molecule has 1 aromatic heterocycles. The van der Waals surface area contributed by atoms with Crippen LogP contribution in [0.5, 0.6) is 0 Å². The molecule has 6 heteroatoms. The van der Waals surface area contributed by atoms with Crippen molar-refractivity contribution in [1.29, 1.82) is 0 Å². The number of nitrogens with one attached hydrogen (secondary N) is 1. The molecular weight excluding hydrogens is 316 g/mol. The van der Waals surface area contributed by atoms with E-state index in [1.807, 2.05) is 37.1 Å². The summed E-state index contributed by atoms with van der Waals surface area (Å²) >= 11 is 0. The molecule has 0 aliphatic carbocycles. The molecule has 0 spiro atoms. The van der Waals surface area contributed by atoms with Crippen molar-refractivity contribution in [2.24, 2.45) is 0 Å². The molecule has 132 valence electrons. The lowest BCUT2D eigenvalue weighted by Crippen LogP contribution is -2.52. The molecule has 0 saturated carbocycles. The fraction of sp³-hybridized carbons (Fsp3) is 0.526. The summed E-state index contributed by atoms with van der Waals surface area (Å²) in [6.45, 7) is 3.59. The van der Waals surface area contributed by atoms with Crippen LogP contribution in [0, 0.1) is 6.92 Å². The molecule has 2 saturated heterocycles. The van der Waals surface area contributed by atoms with E-state index in [1.54, 1.807) is 6.92 Å². The molecule has 0 radical (unpaired) electrons. The molecule has 2 aromatic rings. The Kier molecular flexibility index (Phi) is 3.78. The number of amides is 2. The topological polar surface area (TPSA) is 69.3 Å². The molecule has 3 atom stereocenters. The molecule has 25 heavy (non-hydrogen) atoms. The van der Waals surface area contributed by atoms with Crippen molar-refractivity contribution >= 4 is 22.7 Å². The number of piperidine rings is 1. The predicted octanol–water partition coefficient (Wildman–Crippen LogP) is 2.49. The third-order valence-electron chi connectivity index (χ3n) is 5.98. The van der Waals surface area contributed by atoms with Gasteiger partial charge in [0, 0.05) is 48.7 Å². The fourth-order valence-electron chi connectivity index (χ4n) is 4.48. The Bertz CT molecular complexity index is 829. The number of hydrogen-bond donors (Lipinski definition) is 1. The molecular formula is C19H24N4O2. The van der Waals surface area contributed by atoms with Crippen molar-refractivity contribution in [3.63, 3.8) is 0 Å². The van der Waals surface area contributed by atoms with Crippen molar-refractivity contribution in [2.75, 3.05) is 7.05 Å². The van der Waals surface area contributed by atoms with Gasteiger partial charge in [0.2, 0.25) is 5.91 Å². The zero-order chi connectivity index (χ0) is 17.7. The minimum absolute atomic E-state index is 0.0963. The zero-order valence-electron chi connectivity index (χ0n) is 15.0. The molecule has 6 nitrogen and oxygen atoms in total. The number of aryl methyl sites for hydroxylation is 1. The van der Waals surface area contributed by atoms with E-state index in [9.17, 15) is 9.59 Å². The summed E-state index contributed by atoms with van der Waals surface area (Å²) in [7, 11) is 1.87. The van der Waals surface area contributed by atoms with Gasteiger partial charge >= 0.3 is 0 Å². The summed E-state index contributed by atoms with van der Waals surface area (Å²) in [6, 6.07) is 6.47. The minimum atomic E-state index is 0.0963. The van der Waals surface area contributed by atoms with E-state index in [-0.39, 0.29) is 29.9 Å². The fourth-order valence-corrected chi connectivity index (χ4v) is 4.48. The van der Waals surface area contributed by atoms with E-state index in [0.29, 0.717) is 5.56 Å². The summed E-state index contributed by atoms with van der Waals surface area (Å²) in [5, 5.41) is 8.30. The quantitative estimate of drug-likeness (QED) is 0.913. The molecule has 3 heterocycles. The van der Waals surface area contributed by atoms with Gasteiger partial charge in [0.05, 0.1) is 5.52 Å².